The van der Waals surface area contributed by atoms with E-state index in [1.165, 1.54) is 6.42 Å². The van der Waals surface area contributed by atoms with Gasteiger partial charge >= 0.3 is 0 Å². The highest BCUT2D eigenvalue weighted by Crippen LogP contribution is 2.55. The molecule has 3 N–H and O–H groups in total. The first-order valence-electron chi connectivity index (χ1n) is 11.9. The van der Waals surface area contributed by atoms with Crippen LogP contribution in [0.3, 0.4) is 0 Å². The number of rotatable bonds is 6. The second-order valence-corrected chi connectivity index (χ2v) is 11.1. The molecule has 0 aromatic carbocycles. The summed E-state index contributed by atoms with van der Waals surface area (Å²) in [7, 11) is 0. The maximum atomic E-state index is 6.33. The number of hydrogen-bond donors (Lipinski definition) is 2. The average molecular weight is 486 g/mol. The minimum absolute atomic E-state index is 0.273. The van der Waals surface area contributed by atoms with Crippen LogP contribution in [0.4, 0.5) is 0 Å². The third-order valence-electron chi connectivity index (χ3n) is 6.84. The van der Waals surface area contributed by atoms with Crippen molar-refractivity contribution in [1.82, 2.24) is 25.1 Å². The summed E-state index contributed by atoms with van der Waals surface area (Å²) >= 11 is 8.11. The molecule has 7 nitrogen and oxygen atoms in total. The van der Waals surface area contributed by atoms with Crippen LogP contribution >= 0.6 is 23.4 Å². The lowest BCUT2D eigenvalue weighted by Crippen LogP contribution is -2.24. The zero-order valence-corrected chi connectivity index (χ0v) is 21.0. The van der Waals surface area contributed by atoms with Crippen LogP contribution in [0.2, 0.25) is 5.02 Å². The topological polar surface area (TPSA) is 94.0 Å². The third-order valence-corrected chi connectivity index (χ3v) is 8.36. The number of halogens is 1. The largest absolute Gasteiger partial charge is 0.395 e. The molecule has 2 saturated carbocycles. The number of fused-ring (bicyclic) bond motifs is 1. The van der Waals surface area contributed by atoms with Crippen molar-refractivity contribution in [2.75, 3.05) is 5.75 Å². The Bertz CT molecular complexity index is 1090. The van der Waals surface area contributed by atoms with Gasteiger partial charge in [0, 0.05) is 30.1 Å². The van der Waals surface area contributed by atoms with E-state index in [4.69, 9.17) is 32.4 Å². The van der Waals surface area contributed by atoms with Gasteiger partial charge in [-0.2, -0.15) is 5.10 Å². The van der Waals surface area contributed by atoms with Crippen molar-refractivity contribution in [3.63, 3.8) is 0 Å². The zero-order valence-electron chi connectivity index (χ0n) is 19.5. The fourth-order valence-corrected chi connectivity index (χ4v) is 6.34. The van der Waals surface area contributed by atoms with Crippen molar-refractivity contribution in [3.05, 3.63) is 45.4 Å². The normalized spacial score (nSPS) is 30.4. The molecule has 0 radical (unpaired) electrons. The van der Waals surface area contributed by atoms with Gasteiger partial charge in [-0.05, 0) is 57.4 Å². The Labute approximate surface area is 204 Å². The molecule has 2 aromatic heterocycles. The van der Waals surface area contributed by atoms with Gasteiger partial charge in [0.05, 0.1) is 33.2 Å². The highest BCUT2D eigenvalue weighted by Gasteiger charge is 2.49. The van der Waals surface area contributed by atoms with Gasteiger partial charge in [0.25, 0.3) is 0 Å². The molecule has 0 spiro atoms. The minimum atomic E-state index is 0.273. The summed E-state index contributed by atoms with van der Waals surface area (Å²) in [5.74, 6) is 4.51. The maximum absolute atomic E-state index is 6.33. The van der Waals surface area contributed by atoms with Crippen LogP contribution in [0, 0.1) is 18.8 Å². The number of aromatic nitrogens is 4. The second-order valence-electron chi connectivity index (χ2n) is 9.61. The molecular weight excluding hydrogens is 454 g/mol. The molecule has 9 heteroatoms. The summed E-state index contributed by atoms with van der Waals surface area (Å²) in [6.45, 7) is 6.28. The molecule has 1 saturated heterocycles. The Morgan fingerprint density at radius 1 is 1.39 bits per heavy atom. The molecule has 1 aliphatic heterocycles. The van der Waals surface area contributed by atoms with E-state index in [9.17, 15) is 0 Å². The van der Waals surface area contributed by atoms with Crippen molar-refractivity contribution in [2.24, 2.45) is 22.6 Å². The van der Waals surface area contributed by atoms with Gasteiger partial charge in [0.1, 0.15) is 11.6 Å². The van der Waals surface area contributed by atoms with Crippen LogP contribution in [0.5, 0.6) is 0 Å². The molecule has 33 heavy (non-hydrogen) atoms. The van der Waals surface area contributed by atoms with Crippen molar-refractivity contribution in [3.8, 4) is 5.69 Å². The number of thioether (sulfide) groups is 1. The highest BCUT2D eigenvalue weighted by atomic mass is 35.5. The molecule has 0 bridgehead atoms. The monoisotopic (exact) mass is 485 g/mol. The molecular formula is C24H32ClN7S. The first kappa shape index (κ1) is 22.7. The van der Waals surface area contributed by atoms with E-state index in [1.807, 2.05) is 23.9 Å². The number of pyridine rings is 1. The smallest absolute Gasteiger partial charge is 0.148 e. The first-order chi connectivity index (χ1) is 15.9. The second kappa shape index (κ2) is 9.29. The Hall–Kier alpha value is -2.06. The van der Waals surface area contributed by atoms with Crippen LogP contribution in [0.1, 0.15) is 62.8 Å². The number of nitrogens with two attached hydrogens (primary N) is 1. The summed E-state index contributed by atoms with van der Waals surface area (Å²) in [5.41, 5.74) is 9.04. The van der Waals surface area contributed by atoms with Crippen LogP contribution in [-0.4, -0.2) is 43.8 Å². The van der Waals surface area contributed by atoms with Gasteiger partial charge < -0.3 is 11.1 Å². The third kappa shape index (κ3) is 4.78. The molecule has 5 rings (SSSR count). The first-order valence-corrected chi connectivity index (χ1v) is 13.3. The predicted octanol–water partition coefficient (Wildman–Crippen LogP) is 4.38. The summed E-state index contributed by atoms with van der Waals surface area (Å²) in [6.07, 6.45) is 8.84. The number of allylic oxidation sites excluding steroid dienone is 1. The van der Waals surface area contributed by atoms with E-state index in [0.29, 0.717) is 28.8 Å². The van der Waals surface area contributed by atoms with Crippen LogP contribution < -0.4 is 11.1 Å². The molecule has 3 fully saturated rings. The number of aryl methyl sites for hydroxylation is 2. The zero-order chi connectivity index (χ0) is 23.1. The fourth-order valence-electron chi connectivity index (χ4n) is 5.18. The van der Waals surface area contributed by atoms with Gasteiger partial charge in [0.15, 0.2) is 0 Å². The minimum Gasteiger partial charge on any atom is -0.395 e. The summed E-state index contributed by atoms with van der Waals surface area (Å²) in [4.78, 5) is 14.4. The van der Waals surface area contributed by atoms with E-state index in [1.54, 1.807) is 18.0 Å². The van der Waals surface area contributed by atoms with Crippen molar-refractivity contribution < 1.29 is 0 Å². The predicted molar refractivity (Wildman–Crippen MR) is 135 cm³/mol. The lowest BCUT2D eigenvalue weighted by molar-refractivity contribution is 0.362. The average Bonchev–Trinajstić information content (AvgIpc) is 3.29. The SMILES string of the molecule is CCCc1ncc(Cl)cc1-n1nc(C)nc1C1CC2CC2C(N=C/C(N)=C2\NC(C)CS2)C1. The highest BCUT2D eigenvalue weighted by molar-refractivity contribution is 8.03. The summed E-state index contributed by atoms with van der Waals surface area (Å²) < 4.78 is 1.99. The van der Waals surface area contributed by atoms with Crippen molar-refractivity contribution >= 4 is 29.6 Å². The maximum Gasteiger partial charge on any atom is 0.148 e. The lowest BCUT2D eigenvalue weighted by atomic mass is 9.85. The molecule has 5 atom stereocenters. The number of nitrogens with zero attached hydrogens (tertiary/aromatic N) is 5. The van der Waals surface area contributed by atoms with Gasteiger partial charge in [-0.1, -0.05) is 24.9 Å². The van der Waals surface area contributed by atoms with Gasteiger partial charge in [-0.15, -0.1) is 11.8 Å². The molecule has 0 amide bonds. The van der Waals surface area contributed by atoms with Crippen LogP contribution in [0.15, 0.2) is 28.0 Å². The Kier molecular flexibility index (Phi) is 6.40. The molecule has 5 unspecified atom stereocenters. The van der Waals surface area contributed by atoms with E-state index in [0.717, 1.165) is 65.2 Å². The fraction of sp³-hybridized carbons (Fsp3) is 0.583. The van der Waals surface area contributed by atoms with E-state index >= 15 is 0 Å². The number of aliphatic imine (C=N–C) groups is 1. The molecule has 176 valence electrons. The molecule has 3 aliphatic rings. The van der Waals surface area contributed by atoms with E-state index in [2.05, 4.69) is 24.1 Å². The molecule has 2 aliphatic carbocycles. The van der Waals surface area contributed by atoms with Crippen LogP contribution in [-0.2, 0) is 6.42 Å². The molecule has 3 heterocycles. The quantitative estimate of drug-likeness (QED) is 0.589. The van der Waals surface area contributed by atoms with Crippen molar-refractivity contribution in [2.45, 2.75) is 70.9 Å². The van der Waals surface area contributed by atoms with Crippen LogP contribution in [0.25, 0.3) is 5.69 Å². The van der Waals surface area contributed by atoms with Gasteiger partial charge in [-0.25, -0.2) is 9.67 Å². The Morgan fingerprint density at radius 3 is 3.00 bits per heavy atom. The number of nitrogens with one attached hydrogen (secondary N) is 1. The standard InChI is InChI=1S/C24H32ClN7S/c1-4-5-20-22(9-17(25)10-27-20)32-23(30-14(3)31-32)16-6-15-7-18(15)21(8-16)28-11-19(26)24-29-13(2)12-33-24/h9-11,13,15-16,18,21,29H,4-8,12,26H2,1-3H3/b24-19-,28-11?. The lowest BCUT2D eigenvalue weighted by Gasteiger charge is -2.26. The van der Waals surface area contributed by atoms with E-state index in [-0.39, 0.29) is 6.04 Å². The van der Waals surface area contributed by atoms with Gasteiger partial charge in [-0.3, -0.25) is 9.98 Å². The van der Waals surface area contributed by atoms with Gasteiger partial charge in [0.2, 0.25) is 0 Å². The Balaban J connectivity index is 1.41. The molecule has 2 aromatic rings. The van der Waals surface area contributed by atoms with E-state index < -0.39 is 0 Å². The Morgan fingerprint density at radius 2 is 2.24 bits per heavy atom. The number of hydrogen-bond acceptors (Lipinski definition) is 7. The summed E-state index contributed by atoms with van der Waals surface area (Å²) in [6, 6.07) is 2.70. The van der Waals surface area contributed by atoms with Crippen molar-refractivity contribution in [1.29, 1.82) is 0 Å². The summed E-state index contributed by atoms with van der Waals surface area (Å²) in [5, 5.41) is 9.87.